The molecule has 1 saturated carbocycles. The van der Waals surface area contributed by atoms with Crippen LogP contribution in [0.5, 0.6) is 0 Å². The molecule has 0 spiro atoms. The fourth-order valence-corrected chi connectivity index (χ4v) is 4.19. The highest BCUT2D eigenvalue weighted by molar-refractivity contribution is 6.31. The minimum atomic E-state index is -4.55. The molecule has 0 aliphatic heterocycles. The third-order valence-corrected chi connectivity index (χ3v) is 6.13. The van der Waals surface area contributed by atoms with Crippen molar-refractivity contribution in [2.75, 3.05) is 5.32 Å². The van der Waals surface area contributed by atoms with Crippen LogP contribution in [-0.4, -0.2) is 38.0 Å². The third-order valence-electron chi connectivity index (χ3n) is 5.90. The number of halogens is 4. The van der Waals surface area contributed by atoms with E-state index in [1.165, 1.54) is 12.1 Å². The SMILES string of the molecule is CC(C)(C)n1cc(C(=O)N[C@H]2CC[C@@H](Nc3cc(C(F)(F)F)nc4ccc(Cl)cc34)CC2)nn1. The number of rotatable bonds is 4. The predicted octanol–water partition coefficient (Wildman–Crippen LogP) is 5.41. The molecular formula is C23H26ClF3N6O. The fraction of sp³-hybridized carbons (Fsp3) is 0.478. The summed E-state index contributed by atoms with van der Waals surface area (Å²) in [4.78, 5) is 16.3. The minimum Gasteiger partial charge on any atom is -0.382 e. The molecule has 2 aromatic heterocycles. The smallest absolute Gasteiger partial charge is 0.382 e. The standard InChI is InChI=1S/C23H26ClF3N6O/c1-22(2,3)33-12-19(31-32-33)21(34)29-15-7-5-14(6-8-15)28-18-11-20(23(25,26)27)30-17-9-4-13(24)10-16(17)18/h4,9-12,14-15H,5-8H2,1-3H3,(H,28,30)(H,29,34)/t14-,15+. The molecule has 1 amide bonds. The molecule has 0 saturated heterocycles. The van der Waals surface area contributed by atoms with Crippen molar-refractivity contribution in [3.8, 4) is 0 Å². The van der Waals surface area contributed by atoms with Gasteiger partial charge in [-0.05, 0) is 70.7 Å². The molecule has 3 aromatic rings. The van der Waals surface area contributed by atoms with E-state index in [2.05, 4.69) is 25.9 Å². The van der Waals surface area contributed by atoms with Crippen LogP contribution in [-0.2, 0) is 11.7 Å². The minimum absolute atomic E-state index is 0.0411. The van der Waals surface area contributed by atoms with Gasteiger partial charge < -0.3 is 10.6 Å². The number of anilines is 1. The summed E-state index contributed by atoms with van der Waals surface area (Å²) in [5, 5.41) is 15.2. The average molecular weight is 495 g/mol. The van der Waals surface area contributed by atoms with Gasteiger partial charge in [0.15, 0.2) is 5.69 Å². The Morgan fingerprint density at radius 3 is 2.38 bits per heavy atom. The Morgan fingerprint density at radius 1 is 1.09 bits per heavy atom. The van der Waals surface area contributed by atoms with Crippen molar-refractivity contribution < 1.29 is 18.0 Å². The van der Waals surface area contributed by atoms with Gasteiger partial charge in [-0.2, -0.15) is 13.2 Å². The molecule has 11 heteroatoms. The molecule has 4 rings (SSSR count). The molecule has 1 aliphatic carbocycles. The monoisotopic (exact) mass is 494 g/mol. The van der Waals surface area contributed by atoms with Crippen LogP contribution in [0.4, 0.5) is 18.9 Å². The van der Waals surface area contributed by atoms with Gasteiger partial charge in [0.2, 0.25) is 0 Å². The van der Waals surface area contributed by atoms with Crippen LogP contribution in [0.1, 0.15) is 62.6 Å². The normalized spacial score (nSPS) is 19.3. The number of amides is 1. The first-order chi connectivity index (χ1) is 15.9. The van der Waals surface area contributed by atoms with Gasteiger partial charge in [-0.15, -0.1) is 5.10 Å². The van der Waals surface area contributed by atoms with E-state index in [0.717, 1.165) is 6.07 Å². The molecule has 0 radical (unpaired) electrons. The molecule has 1 fully saturated rings. The molecule has 34 heavy (non-hydrogen) atoms. The molecule has 7 nitrogen and oxygen atoms in total. The molecule has 0 atom stereocenters. The summed E-state index contributed by atoms with van der Waals surface area (Å²) in [6.45, 7) is 5.90. The number of hydrogen-bond acceptors (Lipinski definition) is 5. The number of nitrogens with one attached hydrogen (secondary N) is 2. The zero-order valence-electron chi connectivity index (χ0n) is 19.1. The molecule has 0 bridgehead atoms. The second kappa shape index (κ2) is 9.05. The lowest BCUT2D eigenvalue weighted by Crippen LogP contribution is -2.40. The van der Waals surface area contributed by atoms with Crippen molar-refractivity contribution >= 4 is 34.1 Å². The second-order valence-corrected chi connectivity index (χ2v) is 10.0. The number of alkyl halides is 3. The fourth-order valence-electron chi connectivity index (χ4n) is 4.02. The van der Waals surface area contributed by atoms with E-state index in [4.69, 9.17) is 11.6 Å². The van der Waals surface area contributed by atoms with Crippen molar-refractivity contribution in [1.29, 1.82) is 0 Å². The van der Waals surface area contributed by atoms with E-state index in [-0.39, 0.29) is 34.7 Å². The van der Waals surface area contributed by atoms with Gasteiger partial charge in [0.05, 0.1) is 17.3 Å². The van der Waals surface area contributed by atoms with Crippen LogP contribution >= 0.6 is 11.6 Å². The van der Waals surface area contributed by atoms with Crippen molar-refractivity contribution in [3.05, 3.63) is 46.9 Å². The number of nitrogens with zero attached hydrogens (tertiary/aromatic N) is 4. The Hall–Kier alpha value is -2.88. The first-order valence-electron chi connectivity index (χ1n) is 11.1. The van der Waals surface area contributed by atoms with E-state index in [1.54, 1.807) is 16.9 Å². The molecular weight excluding hydrogens is 469 g/mol. The van der Waals surface area contributed by atoms with Crippen LogP contribution in [0.15, 0.2) is 30.5 Å². The zero-order chi connectivity index (χ0) is 24.7. The van der Waals surface area contributed by atoms with Crippen molar-refractivity contribution in [1.82, 2.24) is 25.3 Å². The number of aromatic nitrogens is 4. The number of hydrogen-bond donors (Lipinski definition) is 2. The molecule has 2 heterocycles. The number of pyridine rings is 1. The van der Waals surface area contributed by atoms with Crippen LogP contribution in [0.25, 0.3) is 10.9 Å². The largest absolute Gasteiger partial charge is 0.433 e. The molecule has 182 valence electrons. The Balaban J connectivity index is 1.42. The summed E-state index contributed by atoms with van der Waals surface area (Å²) in [7, 11) is 0. The lowest BCUT2D eigenvalue weighted by atomic mass is 9.90. The number of fused-ring (bicyclic) bond motifs is 1. The van der Waals surface area contributed by atoms with Crippen LogP contribution in [0.2, 0.25) is 5.02 Å². The highest BCUT2D eigenvalue weighted by Gasteiger charge is 2.34. The summed E-state index contributed by atoms with van der Waals surface area (Å²) >= 11 is 6.08. The molecule has 0 unspecified atom stereocenters. The van der Waals surface area contributed by atoms with Crippen LogP contribution in [0.3, 0.4) is 0 Å². The van der Waals surface area contributed by atoms with Crippen molar-refractivity contribution in [2.45, 2.75) is 70.3 Å². The number of carbonyl (C=O) groups is 1. The summed E-state index contributed by atoms with van der Waals surface area (Å²) in [5.74, 6) is -0.281. The van der Waals surface area contributed by atoms with Gasteiger partial charge in [0.1, 0.15) is 5.69 Å². The molecule has 2 N–H and O–H groups in total. The highest BCUT2D eigenvalue weighted by atomic mass is 35.5. The lowest BCUT2D eigenvalue weighted by Gasteiger charge is -2.30. The molecule has 1 aliphatic rings. The maximum absolute atomic E-state index is 13.4. The number of carbonyl (C=O) groups excluding carboxylic acids is 1. The predicted molar refractivity (Wildman–Crippen MR) is 124 cm³/mol. The Labute approximate surface area is 200 Å². The van der Waals surface area contributed by atoms with E-state index in [0.29, 0.717) is 41.8 Å². The van der Waals surface area contributed by atoms with Crippen molar-refractivity contribution in [3.63, 3.8) is 0 Å². The van der Waals surface area contributed by atoms with Gasteiger partial charge in [-0.3, -0.25) is 4.79 Å². The Kier molecular flexibility index (Phi) is 6.46. The first-order valence-corrected chi connectivity index (χ1v) is 11.5. The van der Waals surface area contributed by atoms with Gasteiger partial charge in [-0.1, -0.05) is 16.8 Å². The van der Waals surface area contributed by atoms with Gasteiger partial charge >= 0.3 is 6.18 Å². The van der Waals surface area contributed by atoms with Gasteiger partial charge in [0.25, 0.3) is 5.91 Å². The quantitative estimate of drug-likeness (QED) is 0.507. The van der Waals surface area contributed by atoms with Crippen LogP contribution < -0.4 is 10.6 Å². The Bertz CT molecular complexity index is 1200. The number of benzene rings is 1. The van der Waals surface area contributed by atoms with Crippen LogP contribution in [0, 0.1) is 0 Å². The van der Waals surface area contributed by atoms with E-state index in [9.17, 15) is 18.0 Å². The second-order valence-electron chi connectivity index (χ2n) is 9.60. The highest BCUT2D eigenvalue weighted by Crippen LogP contribution is 2.35. The average Bonchev–Trinajstić information content (AvgIpc) is 3.26. The first kappa shape index (κ1) is 24.3. The topological polar surface area (TPSA) is 84.7 Å². The maximum Gasteiger partial charge on any atom is 0.433 e. The maximum atomic E-state index is 13.4. The summed E-state index contributed by atoms with van der Waals surface area (Å²) in [6, 6.07) is 5.57. The van der Waals surface area contributed by atoms with Gasteiger partial charge in [0, 0.05) is 28.2 Å². The summed E-state index contributed by atoms with van der Waals surface area (Å²) < 4.78 is 41.7. The summed E-state index contributed by atoms with van der Waals surface area (Å²) in [5.41, 5.74) is -0.385. The lowest BCUT2D eigenvalue weighted by molar-refractivity contribution is -0.140. The van der Waals surface area contributed by atoms with E-state index in [1.807, 2.05) is 20.8 Å². The Morgan fingerprint density at radius 2 is 1.76 bits per heavy atom. The zero-order valence-corrected chi connectivity index (χ0v) is 19.8. The molecule has 1 aromatic carbocycles. The summed E-state index contributed by atoms with van der Waals surface area (Å²) in [6.07, 6.45) is -0.183. The van der Waals surface area contributed by atoms with Crippen molar-refractivity contribution in [2.24, 2.45) is 0 Å². The van der Waals surface area contributed by atoms with E-state index < -0.39 is 11.9 Å². The third kappa shape index (κ3) is 5.43. The van der Waals surface area contributed by atoms with Gasteiger partial charge in [-0.25, -0.2) is 9.67 Å². The van der Waals surface area contributed by atoms with E-state index >= 15 is 0 Å².